The number of hydrogen-bond donors (Lipinski definition) is 0. The fourth-order valence-electron chi connectivity index (χ4n) is 1.06. The Bertz CT molecular complexity index is 138. The van der Waals surface area contributed by atoms with Crippen molar-refractivity contribution in [1.29, 1.82) is 0 Å². The highest BCUT2D eigenvalue weighted by Crippen LogP contribution is 2.16. The van der Waals surface area contributed by atoms with Crippen LogP contribution in [-0.2, 0) is 0 Å². The molecule has 0 saturated carbocycles. The predicted octanol–water partition coefficient (Wildman–Crippen LogP) is 3.95. The Morgan fingerprint density at radius 3 is 2.09 bits per heavy atom. The number of rotatable bonds is 1. The highest BCUT2D eigenvalue weighted by molar-refractivity contribution is 5.23. The smallest absolute Gasteiger partial charge is 0.0222 e. The minimum atomic E-state index is 0.710. The molecule has 1 rings (SSSR count). The van der Waals surface area contributed by atoms with Gasteiger partial charge in [-0.25, -0.2) is 0 Å². The monoisotopic (exact) mass is 152 g/mol. The third kappa shape index (κ3) is 4.02. The van der Waals surface area contributed by atoms with Crippen molar-refractivity contribution in [2.24, 2.45) is 5.92 Å². The molecule has 0 heteroatoms. The first kappa shape index (κ1) is 10.5. The van der Waals surface area contributed by atoms with Crippen molar-refractivity contribution in [3.63, 3.8) is 0 Å². The van der Waals surface area contributed by atoms with Crippen LogP contribution in [0.25, 0.3) is 0 Å². The van der Waals surface area contributed by atoms with Crippen LogP contribution in [0.3, 0.4) is 0 Å². The lowest BCUT2D eigenvalue weighted by molar-refractivity contribution is 0.773. The van der Waals surface area contributed by atoms with Crippen molar-refractivity contribution < 1.29 is 0 Å². The van der Waals surface area contributed by atoms with Gasteiger partial charge < -0.3 is 0 Å². The van der Waals surface area contributed by atoms with Crippen LogP contribution in [0.5, 0.6) is 0 Å². The van der Waals surface area contributed by atoms with E-state index in [1.165, 1.54) is 18.4 Å². The SMILES string of the molecule is CC.CC(C)C1=CCCC=C1. The molecular weight excluding hydrogens is 132 g/mol. The summed E-state index contributed by atoms with van der Waals surface area (Å²) in [5.74, 6) is 0.710. The molecule has 0 heterocycles. The average molecular weight is 152 g/mol. The van der Waals surface area contributed by atoms with Crippen molar-refractivity contribution in [2.45, 2.75) is 40.5 Å². The summed E-state index contributed by atoms with van der Waals surface area (Å²) >= 11 is 0. The van der Waals surface area contributed by atoms with Gasteiger partial charge in [-0.2, -0.15) is 0 Å². The molecule has 0 aliphatic heterocycles. The maximum absolute atomic E-state index is 2.34. The zero-order chi connectivity index (χ0) is 8.69. The zero-order valence-electron chi connectivity index (χ0n) is 8.22. The summed E-state index contributed by atoms with van der Waals surface area (Å²) in [7, 11) is 0. The van der Waals surface area contributed by atoms with E-state index in [9.17, 15) is 0 Å². The maximum atomic E-state index is 2.34. The fraction of sp³-hybridized carbons (Fsp3) is 0.636. The Hall–Kier alpha value is -0.520. The zero-order valence-corrected chi connectivity index (χ0v) is 8.22. The first-order chi connectivity index (χ1) is 5.30. The Labute approximate surface area is 71.0 Å². The molecule has 64 valence electrons. The highest BCUT2D eigenvalue weighted by Gasteiger charge is 1.99. The molecule has 0 atom stereocenters. The van der Waals surface area contributed by atoms with Crippen LogP contribution in [0.2, 0.25) is 0 Å². The van der Waals surface area contributed by atoms with E-state index in [4.69, 9.17) is 0 Å². The third-order valence-corrected chi connectivity index (χ3v) is 1.69. The van der Waals surface area contributed by atoms with Gasteiger partial charge in [0.25, 0.3) is 0 Å². The van der Waals surface area contributed by atoms with Crippen LogP contribution in [0.1, 0.15) is 40.5 Å². The van der Waals surface area contributed by atoms with Gasteiger partial charge in [-0.1, -0.05) is 45.9 Å². The predicted molar refractivity (Wildman–Crippen MR) is 52.6 cm³/mol. The second-order valence-electron chi connectivity index (χ2n) is 2.84. The van der Waals surface area contributed by atoms with Crippen LogP contribution in [-0.4, -0.2) is 0 Å². The maximum Gasteiger partial charge on any atom is -0.0222 e. The molecule has 0 aromatic carbocycles. The minimum Gasteiger partial charge on any atom is -0.0840 e. The van der Waals surface area contributed by atoms with E-state index in [2.05, 4.69) is 32.1 Å². The van der Waals surface area contributed by atoms with E-state index in [0.717, 1.165) is 0 Å². The second kappa shape index (κ2) is 6.21. The topological polar surface area (TPSA) is 0 Å². The Morgan fingerprint density at radius 2 is 1.82 bits per heavy atom. The molecule has 0 spiro atoms. The van der Waals surface area contributed by atoms with Gasteiger partial charge in [0.05, 0.1) is 0 Å². The van der Waals surface area contributed by atoms with Crippen LogP contribution in [0.15, 0.2) is 23.8 Å². The molecule has 0 saturated heterocycles. The van der Waals surface area contributed by atoms with Gasteiger partial charge in [-0.3, -0.25) is 0 Å². The Kier molecular flexibility index (Phi) is 5.91. The van der Waals surface area contributed by atoms with Crippen molar-refractivity contribution >= 4 is 0 Å². The van der Waals surface area contributed by atoms with Crippen molar-refractivity contribution in [3.05, 3.63) is 23.8 Å². The summed E-state index contributed by atoms with van der Waals surface area (Å²) in [5, 5.41) is 0. The quantitative estimate of drug-likeness (QED) is 0.534. The molecule has 1 aliphatic rings. The molecule has 0 nitrogen and oxygen atoms in total. The normalized spacial score (nSPS) is 15.5. The summed E-state index contributed by atoms with van der Waals surface area (Å²) in [6, 6.07) is 0. The summed E-state index contributed by atoms with van der Waals surface area (Å²) in [4.78, 5) is 0. The molecule has 0 amide bonds. The molecule has 0 radical (unpaired) electrons. The number of hydrogen-bond acceptors (Lipinski definition) is 0. The van der Waals surface area contributed by atoms with E-state index < -0.39 is 0 Å². The van der Waals surface area contributed by atoms with Crippen molar-refractivity contribution in [1.82, 2.24) is 0 Å². The van der Waals surface area contributed by atoms with E-state index in [1.807, 2.05) is 13.8 Å². The van der Waals surface area contributed by atoms with Crippen LogP contribution < -0.4 is 0 Å². The van der Waals surface area contributed by atoms with Gasteiger partial charge in [0.2, 0.25) is 0 Å². The largest absolute Gasteiger partial charge is 0.0840 e. The lowest BCUT2D eigenvalue weighted by Crippen LogP contribution is -1.92. The highest BCUT2D eigenvalue weighted by atomic mass is 14.1. The summed E-state index contributed by atoms with van der Waals surface area (Å²) < 4.78 is 0. The van der Waals surface area contributed by atoms with Gasteiger partial charge in [-0.05, 0) is 24.3 Å². The number of allylic oxidation sites excluding steroid dienone is 4. The Balaban J connectivity index is 0.000000461. The lowest BCUT2D eigenvalue weighted by atomic mass is 9.97. The van der Waals surface area contributed by atoms with E-state index in [1.54, 1.807) is 0 Å². The Morgan fingerprint density at radius 1 is 1.18 bits per heavy atom. The van der Waals surface area contributed by atoms with E-state index >= 15 is 0 Å². The van der Waals surface area contributed by atoms with Crippen molar-refractivity contribution in [3.8, 4) is 0 Å². The summed E-state index contributed by atoms with van der Waals surface area (Å²) in [6.07, 6.45) is 9.31. The van der Waals surface area contributed by atoms with Gasteiger partial charge in [0.15, 0.2) is 0 Å². The lowest BCUT2D eigenvalue weighted by Gasteiger charge is -2.08. The first-order valence-electron chi connectivity index (χ1n) is 4.67. The molecule has 11 heavy (non-hydrogen) atoms. The first-order valence-corrected chi connectivity index (χ1v) is 4.67. The van der Waals surface area contributed by atoms with Crippen LogP contribution >= 0.6 is 0 Å². The minimum absolute atomic E-state index is 0.710. The molecular formula is C11H20. The molecule has 0 aromatic rings. The summed E-state index contributed by atoms with van der Waals surface area (Å²) in [5.41, 5.74) is 1.50. The average Bonchev–Trinajstić information content (AvgIpc) is 2.10. The molecule has 0 bridgehead atoms. The van der Waals surface area contributed by atoms with Gasteiger partial charge in [0, 0.05) is 0 Å². The second-order valence-corrected chi connectivity index (χ2v) is 2.84. The summed E-state index contributed by atoms with van der Waals surface area (Å²) in [6.45, 7) is 8.48. The van der Waals surface area contributed by atoms with Gasteiger partial charge in [0.1, 0.15) is 0 Å². The van der Waals surface area contributed by atoms with E-state index in [-0.39, 0.29) is 0 Å². The molecule has 0 fully saturated rings. The van der Waals surface area contributed by atoms with Gasteiger partial charge >= 0.3 is 0 Å². The fourth-order valence-corrected chi connectivity index (χ4v) is 1.06. The van der Waals surface area contributed by atoms with E-state index in [0.29, 0.717) is 5.92 Å². The van der Waals surface area contributed by atoms with Crippen LogP contribution in [0.4, 0.5) is 0 Å². The van der Waals surface area contributed by atoms with Crippen LogP contribution in [0, 0.1) is 5.92 Å². The molecule has 0 unspecified atom stereocenters. The van der Waals surface area contributed by atoms with Crippen molar-refractivity contribution in [2.75, 3.05) is 0 Å². The molecule has 1 aliphatic carbocycles. The third-order valence-electron chi connectivity index (χ3n) is 1.69. The standard InChI is InChI=1S/C9H14.C2H6/c1-8(2)9-6-4-3-5-7-9;1-2/h4,6-8H,3,5H2,1-2H3;1-2H3. The molecule has 0 aromatic heterocycles. The molecule has 0 N–H and O–H groups in total. The van der Waals surface area contributed by atoms with Gasteiger partial charge in [-0.15, -0.1) is 0 Å².